The van der Waals surface area contributed by atoms with Crippen LogP contribution in [0.1, 0.15) is 17.8 Å². The summed E-state index contributed by atoms with van der Waals surface area (Å²) in [4.78, 5) is 6.89. The number of hydrogen-bond acceptors (Lipinski definition) is 4. The third-order valence-electron chi connectivity index (χ3n) is 3.16. The molecule has 1 atom stereocenters. The van der Waals surface area contributed by atoms with Gasteiger partial charge in [-0.15, -0.1) is 11.3 Å². The molecule has 1 unspecified atom stereocenters. The van der Waals surface area contributed by atoms with Gasteiger partial charge in [0.2, 0.25) is 0 Å². The van der Waals surface area contributed by atoms with Crippen LogP contribution in [-0.2, 0) is 11.2 Å². The highest BCUT2D eigenvalue weighted by atomic mass is 32.1. The first-order valence-corrected chi connectivity index (χ1v) is 6.86. The van der Waals surface area contributed by atoms with Crippen LogP contribution in [0.4, 0.5) is 0 Å². The number of rotatable bonds is 5. The molecule has 16 heavy (non-hydrogen) atoms. The smallest absolute Gasteiger partial charge is 0.0928 e. The van der Waals surface area contributed by atoms with Gasteiger partial charge in [-0.1, -0.05) is 0 Å². The zero-order valence-electron chi connectivity index (χ0n) is 9.89. The lowest BCUT2D eigenvalue weighted by molar-refractivity contribution is 0.114. The van der Waals surface area contributed by atoms with Crippen molar-refractivity contribution in [3.8, 4) is 0 Å². The van der Waals surface area contributed by atoms with E-state index in [1.165, 1.54) is 30.9 Å². The number of hydrogen-bond donors (Lipinski definition) is 0. The van der Waals surface area contributed by atoms with E-state index >= 15 is 0 Å². The monoisotopic (exact) mass is 240 g/mol. The number of thiazole rings is 1. The van der Waals surface area contributed by atoms with Crippen LogP contribution in [0, 0.1) is 5.92 Å². The van der Waals surface area contributed by atoms with Crippen LogP contribution >= 0.6 is 11.3 Å². The number of aromatic nitrogens is 1. The molecule has 4 heteroatoms. The minimum Gasteiger partial charge on any atom is -0.383 e. The fourth-order valence-corrected chi connectivity index (χ4v) is 3.07. The molecule has 0 bridgehead atoms. The molecule has 2 heterocycles. The average molecular weight is 240 g/mol. The van der Waals surface area contributed by atoms with Gasteiger partial charge in [-0.25, -0.2) is 4.98 Å². The molecule has 0 saturated carbocycles. The van der Waals surface area contributed by atoms with Crippen molar-refractivity contribution in [2.75, 3.05) is 33.4 Å². The normalized spacial score (nSPS) is 22.4. The first kappa shape index (κ1) is 12.0. The summed E-state index contributed by atoms with van der Waals surface area (Å²) < 4.78 is 5.13. The molecule has 1 aromatic heterocycles. The molecular formula is C12H20N2OS. The van der Waals surface area contributed by atoms with Crippen LogP contribution in [-0.4, -0.2) is 43.2 Å². The lowest BCUT2D eigenvalue weighted by Gasteiger charge is -2.32. The van der Waals surface area contributed by atoms with E-state index < -0.39 is 0 Å². The van der Waals surface area contributed by atoms with Gasteiger partial charge < -0.3 is 9.64 Å². The van der Waals surface area contributed by atoms with Crippen LogP contribution in [0.3, 0.4) is 0 Å². The summed E-state index contributed by atoms with van der Waals surface area (Å²) >= 11 is 1.78. The van der Waals surface area contributed by atoms with Crippen molar-refractivity contribution in [3.05, 3.63) is 16.6 Å². The van der Waals surface area contributed by atoms with E-state index in [2.05, 4.69) is 15.3 Å². The SMILES string of the molecule is COCCN1CCCC(Cc2nccs2)C1. The van der Waals surface area contributed by atoms with Crippen molar-refractivity contribution in [2.24, 2.45) is 5.92 Å². The molecule has 0 amide bonds. The second-order valence-corrected chi connectivity index (χ2v) is 5.41. The van der Waals surface area contributed by atoms with Gasteiger partial charge in [-0.3, -0.25) is 0 Å². The minimum absolute atomic E-state index is 0.789. The molecule has 0 spiro atoms. The van der Waals surface area contributed by atoms with Crippen molar-refractivity contribution < 1.29 is 4.74 Å². The predicted octanol–water partition coefficient (Wildman–Crippen LogP) is 2.04. The molecule has 0 radical (unpaired) electrons. The second kappa shape index (κ2) is 6.33. The average Bonchev–Trinajstić information content (AvgIpc) is 2.80. The topological polar surface area (TPSA) is 25.4 Å². The van der Waals surface area contributed by atoms with E-state index in [1.807, 2.05) is 6.20 Å². The number of ether oxygens (including phenoxy) is 1. The Hall–Kier alpha value is -0.450. The van der Waals surface area contributed by atoms with E-state index in [9.17, 15) is 0 Å². The van der Waals surface area contributed by atoms with Gasteiger partial charge in [0.05, 0.1) is 11.6 Å². The molecule has 1 aliphatic rings. The van der Waals surface area contributed by atoms with Crippen molar-refractivity contribution >= 4 is 11.3 Å². The zero-order valence-corrected chi connectivity index (χ0v) is 10.7. The highest BCUT2D eigenvalue weighted by molar-refractivity contribution is 7.09. The maximum atomic E-state index is 5.13. The Morgan fingerprint density at radius 3 is 3.31 bits per heavy atom. The summed E-state index contributed by atoms with van der Waals surface area (Å²) in [5.74, 6) is 0.789. The largest absolute Gasteiger partial charge is 0.383 e. The van der Waals surface area contributed by atoms with Crippen molar-refractivity contribution in [1.82, 2.24) is 9.88 Å². The molecule has 90 valence electrons. The number of piperidine rings is 1. The van der Waals surface area contributed by atoms with Crippen LogP contribution < -0.4 is 0 Å². The maximum absolute atomic E-state index is 5.13. The molecule has 0 aliphatic carbocycles. The molecule has 2 rings (SSSR count). The van der Waals surface area contributed by atoms with Gasteiger partial charge in [-0.05, 0) is 25.3 Å². The zero-order chi connectivity index (χ0) is 11.2. The van der Waals surface area contributed by atoms with Gasteiger partial charge in [0.1, 0.15) is 0 Å². The Labute approximate surface area is 101 Å². The first-order chi connectivity index (χ1) is 7.88. The molecule has 1 aromatic rings. The Morgan fingerprint density at radius 2 is 2.56 bits per heavy atom. The van der Waals surface area contributed by atoms with E-state index in [0.29, 0.717) is 0 Å². The molecule has 1 fully saturated rings. The number of nitrogens with zero attached hydrogens (tertiary/aromatic N) is 2. The van der Waals surface area contributed by atoms with E-state index in [-0.39, 0.29) is 0 Å². The highest BCUT2D eigenvalue weighted by Crippen LogP contribution is 2.21. The van der Waals surface area contributed by atoms with Crippen molar-refractivity contribution in [2.45, 2.75) is 19.3 Å². The molecule has 1 aliphatic heterocycles. The van der Waals surface area contributed by atoms with Crippen LogP contribution in [0.2, 0.25) is 0 Å². The van der Waals surface area contributed by atoms with Crippen LogP contribution in [0.5, 0.6) is 0 Å². The summed E-state index contributed by atoms with van der Waals surface area (Å²) in [6.45, 7) is 4.37. The summed E-state index contributed by atoms with van der Waals surface area (Å²) in [6.07, 6.45) is 5.73. The quantitative estimate of drug-likeness (QED) is 0.787. The lowest BCUT2D eigenvalue weighted by Crippen LogP contribution is -2.38. The highest BCUT2D eigenvalue weighted by Gasteiger charge is 2.20. The molecular weight excluding hydrogens is 220 g/mol. The standard InChI is InChI=1S/C12H20N2OS/c1-15-7-6-14-5-2-3-11(10-14)9-12-13-4-8-16-12/h4,8,11H,2-3,5-7,9-10H2,1H3. The Bertz CT molecular complexity index is 289. The van der Waals surface area contributed by atoms with Gasteiger partial charge in [0.25, 0.3) is 0 Å². The number of methoxy groups -OCH3 is 1. The van der Waals surface area contributed by atoms with Crippen molar-refractivity contribution in [1.29, 1.82) is 0 Å². The fourth-order valence-electron chi connectivity index (χ4n) is 2.34. The Balaban J connectivity index is 1.77. The summed E-state index contributed by atoms with van der Waals surface area (Å²) in [5.41, 5.74) is 0. The van der Waals surface area contributed by atoms with Crippen LogP contribution in [0.25, 0.3) is 0 Å². The lowest BCUT2D eigenvalue weighted by atomic mass is 9.95. The maximum Gasteiger partial charge on any atom is 0.0928 e. The summed E-state index contributed by atoms with van der Waals surface area (Å²) in [7, 11) is 1.77. The molecule has 0 aromatic carbocycles. The summed E-state index contributed by atoms with van der Waals surface area (Å²) in [6, 6.07) is 0. The number of likely N-dealkylation sites (tertiary alicyclic amines) is 1. The van der Waals surface area contributed by atoms with E-state index in [1.54, 1.807) is 18.4 Å². The van der Waals surface area contributed by atoms with Gasteiger partial charge in [-0.2, -0.15) is 0 Å². The Morgan fingerprint density at radius 1 is 1.62 bits per heavy atom. The molecule has 3 nitrogen and oxygen atoms in total. The minimum atomic E-state index is 0.789. The second-order valence-electron chi connectivity index (χ2n) is 4.43. The fraction of sp³-hybridized carbons (Fsp3) is 0.750. The third kappa shape index (κ3) is 3.54. The predicted molar refractivity (Wildman–Crippen MR) is 66.9 cm³/mol. The van der Waals surface area contributed by atoms with Gasteiger partial charge >= 0.3 is 0 Å². The van der Waals surface area contributed by atoms with Gasteiger partial charge in [0.15, 0.2) is 0 Å². The third-order valence-corrected chi connectivity index (χ3v) is 3.96. The van der Waals surface area contributed by atoms with E-state index in [0.717, 1.165) is 25.5 Å². The molecule has 0 N–H and O–H groups in total. The van der Waals surface area contributed by atoms with Crippen LogP contribution in [0.15, 0.2) is 11.6 Å². The van der Waals surface area contributed by atoms with Crippen molar-refractivity contribution in [3.63, 3.8) is 0 Å². The van der Waals surface area contributed by atoms with Gasteiger partial charge in [0, 0.05) is 38.2 Å². The van der Waals surface area contributed by atoms with E-state index in [4.69, 9.17) is 4.74 Å². The molecule has 1 saturated heterocycles. The Kier molecular flexibility index (Phi) is 4.75. The first-order valence-electron chi connectivity index (χ1n) is 5.98. The summed E-state index contributed by atoms with van der Waals surface area (Å²) in [5, 5.41) is 3.36.